The molecule has 3 amide bonds. The molecule has 2 rings (SSSR count). The van der Waals surface area contributed by atoms with Crippen LogP contribution in [0.4, 0.5) is 0 Å². The maximum Gasteiger partial charge on any atom is 0.335 e. The van der Waals surface area contributed by atoms with Gasteiger partial charge < -0.3 is 76.9 Å². The van der Waals surface area contributed by atoms with Gasteiger partial charge in [-0.3, -0.25) is 14.4 Å². The van der Waals surface area contributed by atoms with Crippen molar-refractivity contribution in [1.82, 2.24) is 25.7 Å². The molecule has 1 unspecified atom stereocenters. The highest BCUT2D eigenvalue weighted by atomic mass is 32.2. The van der Waals surface area contributed by atoms with Crippen LogP contribution in [0, 0.1) is 11.3 Å². The molecule has 0 aliphatic carbocycles. The van der Waals surface area contributed by atoms with Crippen LogP contribution in [0.15, 0.2) is 33.9 Å². The Morgan fingerprint density at radius 3 is 1.42 bits per heavy atom. The second-order valence-corrected chi connectivity index (χ2v) is 22.0. The Morgan fingerprint density at radius 1 is 0.597 bits per heavy atom. The predicted molar refractivity (Wildman–Crippen MR) is 284 cm³/mol. The van der Waals surface area contributed by atoms with E-state index < -0.39 is 31.7 Å². The summed E-state index contributed by atoms with van der Waals surface area (Å²) in [6, 6.07) is 6.36. The molecule has 24 heteroatoms. The van der Waals surface area contributed by atoms with E-state index in [1.165, 1.54) is 0 Å². The van der Waals surface area contributed by atoms with Gasteiger partial charge in [0.1, 0.15) is 12.6 Å². The van der Waals surface area contributed by atoms with Crippen molar-refractivity contribution in [2.45, 2.75) is 103 Å². The maximum absolute atomic E-state index is 13.7. The van der Waals surface area contributed by atoms with Gasteiger partial charge in [0.15, 0.2) is 0 Å². The van der Waals surface area contributed by atoms with Gasteiger partial charge in [-0.2, -0.15) is 0 Å². The van der Waals surface area contributed by atoms with E-state index in [1.54, 1.807) is 29.2 Å². The molecule has 0 aliphatic rings. The normalized spacial score (nSPS) is 12.6. The van der Waals surface area contributed by atoms with E-state index >= 15 is 0 Å². The van der Waals surface area contributed by atoms with Crippen molar-refractivity contribution in [3.05, 3.63) is 29.8 Å². The van der Waals surface area contributed by atoms with E-state index in [-0.39, 0.29) is 95.1 Å². The molecule has 440 valence electrons. The Labute approximate surface area is 456 Å². The van der Waals surface area contributed by atoms with Gasteiger partial charge in [-0.05, 0) is 77.6 Å². The zero-order valence-corrected chi connectivity index (χ0v) is 47.8. The van der Waals surface area contributed by atoms with E-state index in [4.69, 9.17) is 51.8 Å². The maximum atomic E-state index is 13.7. The average molecular weight is 1120 g/mol. The summed E-state index contributed by atoms with van der Waals surface area (Å²) in [4.78, 5) is 61.5. The molecule has 0 saturated carbocycles. The summed E-state index contributed by atoms with van der Waals surface area (Å²) in [6.07, 6.45) is 5.85. The lowest BCUT2D eigenvalue weighted by Crippen LogP contribution is -2.37. The minimum atomic E-state index is -3.69. The highest BCUT2D eigenvalue weighted by Gasteiger charge is 2.23. The Bertz CT molecular complexity index is 2050. The van der Waals surface area contributed by atoms with Gasteiger partial charge in [-0.1, -0.05) is 25.9 Å². The largest absolute Gasteiger partial charge is 0.408 e. The summed E-state index contributed by atoms with van der Waals surface area (Å²) < 4.78 is 85.6. The molecule has 0 fully saturated rings. The summed E-state index contributed by atoms with van der Waals surface area (Å²) in [6.45, 7) is 20.8. The second-order valence-electron chi connectivity index (χ2n) is 20.1. The van der Waals surface area contributed by atoms with E-state index in [1.807, 2.05) is 48.5 Å². The van der Waals surface area contributed by atoms with Crippen molar-refractivity contribution < 1.29 is 84.2 Å². The molecule has 23 nitrogen and oxygen atoms in total. The van der Waals surface area contributed by atoms with E-state index in [2.05, 4.69) is 20.8 Å². The number of aromatic nitrogens is 2. The number of nitrogens with zero attached hydrogens (tertiary/aromatic N) is 3. The van der Waals surface area contributed by atoms with Crippen molar-refractivity contribution in [2.75, 3.05) is 151 Å². The van der Waals surface area contributed by atoms with Gasteiger partial charge in [-0.15, -0.1) is 5.10 Å². The first kappa shape index (κ1) is 68.8. The first-order valence-corrected chi connectivity index (χ1v) is 28.3. The fourth-order valence-corrected chi connectivity index (χ4v) is 6.92. The van der Waals surface area contributed by atoms with Crippen LogP contribution < -0.4 is 10.6 Å². The molecule has 77 heavy (non-hydrogen) atoms. The topological polar surface area (TPSA) is 278 Å². The van der Waals surface area contributed by atoms with Crippen LogP contribution >= 0.6 is 0 Å². The summed E-state index contributed by atoms with van der Waals surface area (Å²) >= 11 is 0. The van der Waals surface area contributed by atoms with Crippen molar-refractivity contribution in [3.63, 3.8) is 0 Å². The lowest BCUT2D eigenvalue weighted by Gasteiger charge is -2.27. The number of carbonyl (C=O) groups excluding carboxylic acids is 5. The van der Waals surface area contributed by atoms with Gasteiger partial charge in [0, 0.05) is 81.0 Å². The first-order valence-electron chi connectivity index (χ1n) is 26.4. The molecule has 0 spiro atoms. The molecule has 0 aliphatic heterocycles. The molecule has 0 radical (unpaired) electrons. The number of ether oxygens (including phenoxy) is 10. The summed E-state index contributed by atoms with van der Waals surface area (Å²) in [5.74, 6) is -0.530. The zero-order valence-electron chi connectivity index (χ0n) is 46.9. The Kier molecular flexibility index (Phi) is 34.9. The van der Waals surface area contributed by atoms with Crippen molar-refractivity contribution >= 4 is 40.1 Å². The van der Waals surface area contributed by atoms with Crippen molar-refractivity contribution in [2.24, 2.45) is 11.3 Å². The number of rotatable bonds is 49. The number of nitrogens with one attached hydrogen (secondary N) is 2. The summed E-state index contributed by atoms with van der Waals surface area (Å²) in [7, 11) is -3.69. The quantitative estimate of drug-likeness (QED) is 0.0701. The number of sulfone groups is 1. The minimum absolute atomic E-state index is 0.00252. The molecule has 2 aromatic rings. The van der Waals surface area contributed by atoms with E-state index in [0.717, 1.165) is 18.8 Å². The Morgan fingerprint density at radius 2 is 1.01 bits per heavy atom. The minimum Gasteiger partial charge on any atom is -0.408 e. The van der Waals surface area contributed by atoms with Gasteiger partial charge in [0.2, 0.25) is 27.5 Å². The molecule has 2 N–H and O–H groups in total. The number of benzene rings is 1. The third kappa shape index (κ3) is 34.3. The highest BCUT2D eigenvalue weighted by molar-refractivity contribution is 7.90. The average Bonchev–Trinajstić information content (AvgIpc) is 3.90. The number of aldehydes is 2. The Hall–Kier alpha value is -4.34. The molecule has 1 aromatic carbocycles. The van der Waals surface area contributed by atoms with Gasteiger partial charge in [-0.25, -0.2) is 8.42 Å². The van der Waals surface area contributed by atoms with E-state index in [0.29, 0.717) is 129 Å². The van der Waals surface area contributed by atoms with Gasteiger partial charge in [0.25, 0.3) is 5.91 Å². The van der Waals surface area contributed by atoms with Gasteiger partial charge in [0.05, 0.1) is 117 Å². The molecule has 1 aromatic heterocycles. The number of amides is 3. The van der Waals surface area contributed by atoms with Crippen LogP contribution in [0.5, 0.6) is 0 Å². The second kappa shape index (κ2) is 39.1. The molecular formula is C53H89N5O18S. The fraction of sp³-hybridized carbons (Fsp3) is 0.755. The molecule has 0 saturated heterocycles. The lowest BCUT2D eigenvalue weighted by atomic mass is 9.92. The van der Waals surface area contributed by atoms with Crippen molar-refractivity contribution in [1.29, 1.82) is 0 Å². The van der Waals surface area contributed by atoms with Crippen LogP contribution in [0.25, 0.3) is 11.5 Å². The van der Waals surface area contributed by atoms with Crippen LogP contribution in [-0.2, 0) is 76.4 Å². The zero-order chi connectivity index (χ0) is 56.8. The van der Waals surface area contributed by atoms with Gasteiger partial charge >= 0.3 is 5.22 Å². The molecular weight excluding hydrogens is 1030 g/mol. The van der Waals surface area contributed by atoms with Crippen LogP contribution in [0.1, 0.15) is 97.3 Å². The molecule has 0 bridgehead atoms. The predicted octanol–water partition coefficient (Wildman–Crippen LogP) is 3.94. The van der Waals surface area contributed by atoms with Crippen LogP contribution in [0.3, 0.4) is 0 Å². The number of hydrogen-bond acceptors (Lipinski definition) is 20. The molecule has 1 atom stereocenters. The third-order valence-corrected chi connectivity index (χ3v) is 12.3. The molecule has 1 heterocycles. The highest BCUT2D eigenvalue weighted by Crippen LogP contribution is 2.22. The van der Waals surface area contributed by atoms with E-state index in [9.17, 15) is 32.4 Å². The third-order valence-electron chi connectivity index (χ3n) is 11.5. The fourth-order valence-electron chi connectivity index (χ4n) is 6.50. The standard InChI is InChI=1S/C53H89N5O18S/c1-43(41-59)13-25-74-52(4,5)16-19-54-46(61)14-23-66-29-33-70-37-39-72-35-31-68-27-21-58(49(63)45-11-9-44(10-12-45)48-56-57-50(76-48)77(8,64)65)22-28-69-32-36-73-40-38-71-34-30-67-24-15-47(62)55-20-17-53(6,7)75-26-18-51(2,3)42-60/h9-12,41-43H,13-40H2,1-8H3,(H,54,61)(H,55,62). The monoisotopic (exact) mass is 1120 g/mol. The SMILES string of the molecule is CC(C=O)CCOC(C)(C)CCNC(=O)CCOCCOCCOCCOCCN(CCOCCOCCOCCOCCC(=O)NCCC(C)(C)OCCC(C)(C)C=O)C(=O)c1ccc(-c2nnc(S(C)(=O)=O)o2)cc1. The number of hydrogen-bond donors (Lipinski definition) is 2. The first-order chi connectivity index (χ1) is 36.7. The summed E-state index contributed by atoms with van der Waals surface area (Å²) in [5.41, 5.74) is -0.439. The van der Waals surface area contributed by atoms with Crippen LogP contribution in [-0.4, -0.2) is 216 Å². The Balaban J connectivity index is 1.60. The lowest BCUT2D eigenvalue weighted by molar-refractivity contribution is -0.123. The smallest absolute Gasteiger partial charge is 0.335 e. The van der Waals surface area contributed by atoms with Crippen molar-refractivity contribution in [3.8, 4) is 11.5 Å². The van der Waals surface area contributed by atoms with Crippen LogP contribution in [0.2, 0.25) is 0 Å². The number of carbonyl (C=O) groups is 5. The summed E-state index contributed by atoms with van der Waals surface area (Å²) in [5, 5.41) is 12.7.